The highest BCUT2D eigenvalue weighted by molar-refractivity contribution is 5.94. The molecule has 5 nitrogen and oxygen atoms in total. The molecule has 2 heterocycles. The Morgan fingerprint density at radius 3 is 2.89 bits per heavy atom. The van der Waals surface area contributed by atoms with E-state index in [1.165, 1.54) is 29.3 Å². The van der Waals surface area contributed by atoms with Gasteiger partial charge in [-0.1, -0.05) is 24.6 Å². The number of hydrogen-bond acceptors (Lipinski definition) is 2. The Kier molecular flexibility index (Phi) is 5.01. The fourth-order valence-electron chi connectivity index (χ4n) is 4.14. The summed E-state index contributed by atoms with van der Waals surface area (Å²) in [6, 6.07) is 8.90. The number of aromatic amines is 1. The Labute approximate surface area is 160 Å². The Bertz CT molecular complexity index is 951. The molecule has 0 saturated heterocycles. The number of para-hydroxylation sites is 1. The number of rotatable bonds is 5. The molecule has 0 fully saturated rings. The highest BCUT2D eigenvalue weighted by atomic mass is 16.1. The van der Waals surface area contributed by atoms with Gasteiger partial charge < -0.3 is 9.88 Å². The van der Waals surface area contributed by atoms with Crippen LogP contribution >= 0.6 is 0 Å². The van der Waals surface area contributed by atoms with Crippen LogP contribution in [0.25, 0.3) is 10.9 Å². The van der Waals surface area contributed by atoms with Gasteiger partial charge in [-0.3, -0.25) is 9.89 Å². The number of benzene rings is 1. The molecule has 0 saturated carbocycles. The summed E-state index contributed by atoms with van der Waals surface area (Å²) < 4.78 is 2.31. The summed E-state index contributed by atoms with van der Waals surface area (Å²) >= 11 is 0. The van der Waals surface area contributed by atoms with Gasteiger partial charge in [0.1, 0.15) is 0 Å². The molecule has 0 atom stereocenters. The second kappa shape index (κ2) is 7.59. The summed E-state index contributed by atoms with van der Waals surface area (Å²) in [4.78, 5) is 12.7. The summed E-state index contributed by atoms with van der Waals surface area (Å²) in [6.07, 6.45) is 8.54. The Hall–Kier alpha value is -2.56. The molecular formula is C22H28N4O. The Morgan fingerprint density at radius 2 is 2.04 bits per heavy atom. The van der Waals surface area contributed by atoms with Crippen molar-refractivity contribution in [3.63, 3.8) is 0 Å². The SMILES string of the molecule is CC(C)n1cc(CCNC(=O)c2n[nH]c3c2CCCCC3)c2ccccc21. The number of hydrogen-bond donors (Lipinski definition) is 2. The fourth-order valence-corrected chi connectivity index (χ4v) is 4.14. The van der Waals surface area contributed by atoms with Crippen molar-refractivity contribution >= 4 is 16.8 Å². The average Bonchev–Trinajstić information content (AvgIpc) is 3.16. The highest BCUT2D eigenvalue weighted by Crippen LogP contribution is 2.25. The normalized spacial score (nSPS) is 14.3. The summed E-state index contributed by atoms with van der Waals surface area (Å²) in [5.74, 6) is -0.0537. The van der Waals surface area contributed by atoms with Crippen molar-refractivity contribution in [3.05, 3.63) is 53.0 Å². The lowest BCUT2D eigenvalue weighted by atomic mass is 10.1. The first-order valence-electron chi connectivity index (χ1n) is 10.1. The summed E-state index contributed by atoms with van der Waals surface area (Å²) in [6.45, 7) is 5.01. The van der Waals surface area contributed by atoms with Crippen molar-refractivity contribution in [2.24, 2.45) is 0 Å². The quantitative estimate of drug-likeness (QED) is 0.667. The Morgan fingerprint density at radius 1 is 1.22 bits per heavy atom. The number of nitrogens with one attached hydrogen (secondary N) is 2. The van der Waals surface area contributed by atoms with Crippen LogP contribution in [0.3, 0.4) is 0 Å². The largest absolute Gasteiger partial charge is 0.350 e. The average molecular weight is 364 g/mol. The van der Waals surface area contributed by atoms with Crippen LogP contribution in [0.15, 0.2) is 30.5 Å². The summed E-state index contributed by atoms with van der Waals surface area (Å²) in [5, 5.41) is 11.7. The van der Waals surface area contributed by atoms with Crippen molar-refractivity contribution in [2.75, 3.05) is 6.54 Å². The molecule has 0 unspecified atom stereocenters. The molecule has 27 heavy (non-hydrogen) atoms. The number of carbonyl (C=O) groups excluding carboxylic acids is 1. The van der Waals surface area contributed by atoms with Gasteiger partial charge in [0.2, 0.25) is 0 Å². The van der Waals surface area contributed by atoms with Gasteiger partial charge in [-0.25, -0.2) is 0 Å². The van der Waals surface area contributed by atoms with E-state index in [1.807, 2.05) is 0 Å². The molecule has 1 aromatic carbocycles. The zero-order valence-corrected chi connectivity index (χ0v) is 16.2. The van der Waals surface area contributed by atoms with E-state index in [2.05, 4.69) is 64.4 Å². The monoisotopic (exact) mass is 364 g/mol. The molecule has 3 aromatic rings. The number of aromatic nitrogens is 3. The first-order valence-corrected chi connectivity index (χ1v) is 10.1. The van der Waals surface area contributed by atoms with E-state index in [9.17, 15) is 4.79 Å². The van der Waals surface area contributed by atoms with E-state index in [-0.39, 0.29) is 5.91 Å². The molecule has 2 N–H and O–H groups in total. The molecular weight excluding hydrogens is 336 g/mol. The maximum atomic E-state index is 12.7. The molecule has 0 bridgehead atoms. The third-order valence-corrected chi connectivity index (χ3v) is 5.58. The van der Waals surface area contributed by atoms with E-state index in [0.717, 1.165) is 36.9 Å². The maximum absolute atomic E-state index is 12.7. The third kappa shape index (κ3) is 3.51. The van der Waals surface area contributed by atoms with Crippen LogP contribution in [0.1, 0.15) is 66.5 Å². The van der Waals surface area contributed by atoms with Crippen LogP contribution < -0.4 is 5.32 Å². The van der Waals surface area contributed by atoms with Crippen molar-refractivity contribution in [1.82, 2.24) is 20.1 Å². The van der Waals surface area contributed by atoms with Crippen molar-refractivity contribution < 1.29 is 4.79 Å². The van der Waals surface area contributed by atoms with E-state index >= 15 is 0 Å². The fraction of sp³-hybridized carbons (Fsp3) is 0.455. The molecule has 2 aromatic heterocycles. The molecule has 1 aliphatic rings. The van der Waals surface area contributed by atoms with Gasteiger partial charge in [0.05, 0.1) is 0 Å². The van der Waals surface area contributed by atoms with Crippen LogP contribution in [-0.4, -0.2) is 27.2 Å². The van der Waals surface area contributed by atoms with Crippen LogP contribution in [0.5, 0.6) is 0 Å². The minimum atomic E-state index is -0.0537. The lowest BCUT2D eigenvalue weighted by molar-refractivity contribution is 0.0948. The van der Waals surface area contributed by atoms with Crippen LogP contribution in [0.2, 0.25) is 0 Å². The number of carbonyl (C=O) groups is 1. The highest BCUT2D eigenvalue weighted by Gasteiger charge is 2.20. The van der Waals surface area contributed by atoms with E-state index in [1.54, 1.807) is 0 Å². The van der Waals surface area contributed by atoms with Crippen molar-refractivity contribution in [2.45, 2.75) is 58.4 Å². The molecule has 1 amide bonds. The number of H-pyrrole nitrogens is 1. The van der Waals surface area contributed by atoms with Gasteiger partial charge in [-0.15, -0.1) is 0 Å². The van der Waals surface area contributed by atoms with Crippen LogP contribution in [0, 0.1) is 0 Å². The first kappa shape index (κ1) is 17.8. The predicted octanol–water partition coefficient (Wildman–Crippen LogP) is 4.19. The number of aryl methyl sites for hydroxylation is 1. The molecule has 0 aliphatic heterocycles. The lowest BCUT2D eigenvalue weighted by Gasteiger charge is -2.08. The van der Waals surface area contributed by atoms with Gasteiger partial charge in [-0.05, 0) is 57.6 Å². The van der Waals surface area contributed by atoms with Gasteiger partial charge in [0.25, 0.3) is 5.91 Å². The molecule has 0 spiro atoms. The molecule has 142 valence electrons. The first-order chi connectivity index (χ1) is 13.1. The van der Waals surface area contributed by atoms with E-state index < -0.39 is 0 Å². The van der Waals surface area contributed by atoms with Crippen molar-refractivity contribution in [3.8, 4) is 0 Å². The van der Waals surface area contributed by atoms with Gasteiger partial charge in [-0.2, -0.15) is 5.10 Å². The van der Waals surface area contributed by atoms with Crippen LogP contribution in [-0.2, 0) is 19.3 Å². The van der Waals surface area contributed by atoms with Gasteiger partial charge in [0.15, 0.2) is 5.69 Å². The molecule has 1 aliphatic carbocycles. The van der Waals surface area contributed by atoms with Gasteiger partial charge >= 0.3 is 0 Å². The number of fused-ring (bicyclic) bond motifs is 2. The predicted molar refractivity (Wildman–Crippen MR) is 108 cm³/mol. The van der Waals surface area contributed by atoms with Crippen LogP contribution in [0.4, 0.5) is 0 Å². The molecule has 5 heteroatoms. The minimum absolute atomic E-state index is 0.0537. The second-order valence-corrected chi connectivity index (χ2v) is 7.77. The second-order valence-electron chi connectivity index (χ2n) is 7.77. The summed E-state index contributed by atoms with van der Waals surface area (Å²) in [5.41, 5.74) is 5.41. The minimum Gasteiger partial charge on any atom is -0.350 e. The lowest BCUT2D eigenvalue weighted by Crippen LogP contribution is -2.27. The van der Waals surface area contributed by atoms with Crippen molar-refractivity contribution in [1.29, 1.82) is 0 Å². The number of amides is 1. The topological polar surface area (TPSA) is 62.7 Å². The molecule has 0 radical (unpaired) electrons. The summed E-state index contributed by atoms with van der Waals surface area (Å²) in [7, 11) is 0. The Balaban J connectivity index is 1.45. The zero-order chi connectivity index (χ0) is 18.8. The maximum Gasteiger partial charge on any atom is 0.272 e. The number of nitrogens with zero attached hydrogens (tertiary/aromatic N) is 2. The third-order valence-electron chi connectivity index (χ3n) is 5.58. The smallest absolute Gasteiger partial charge is 0.272 e. The standard InChI is InChI=1S/C22H28N4O/c1-15(2)26-14-16(17-8-6-7-11-20(17)26)12-13-23-22(27)21-18-9-4-3-5-10-19(18)24-25-21/h6-8,11,14-15H,3-5,9-10,12-13H2,1-2H3,(H,23,27)(H,24,25). The van der Waals surface area contributed by atoms with E-state index in [4.69, 9.17) is 0 Å². The zero-order valence-electron chi connectivity index (χ0n) is 16.2. The van der Waals surface area contributed by atoms with Gasteiger partial charge in [0, 0.05) is 40.9 Å². The molecule has 4 rings (SSSR count). The van der Waals surface area contributed by atoms with E-state index in [0.29, 0.717) is 18.3 Å².